The van der Waals surface area contributed by atoms with Crippen LogP contribution in [-0.2, 0) is 11.3 Å². The minimum absolute atomic E-state index is 0.262. The zero-order valence-electron chi connectivity index (χ0n) is 15.7. The highest BCUT2D eigenvalue weighted by Gasteiger charge is 2.13. The van der Waals surface area contributed by atoms with Crippen LogP contribution in [0, 0.1) is 0 Å². The van der Waals surface area contributed by atoms with Crippen molar-refractivity contribution in [3.63, 3.8) is 0 Å². The average Bonchev–Trinajstić information content (AvgIpc) is 3.27. The van der Waals surface area contributed by atoms with Gasteiger partial charge in [-0.2, -0.15) is 0 Å². The van der Waals surface area contributed by atoms with Gasteiger partial charge >= 0.3 is 0 Å². The molecule has 0 aliphatic heterocycles. The smallest absolute Gasteiger partial charge is 0.273 e. The van der Waals surface area contributed by atoms with Crippen LogP contribution in [0.1, 0.15) is 18.5 Å². The number of imidazole rings is 1. The first-order valence-electron chi connectivity index (χ1n) is 9.12. The number of carbonyl (C=O) groups is 1. The lowest BCUT2D eigenvalue weighted by Gasteiger charge is -2.15. The van der Waals surface area contributed by atoms with Gasteiger partial charge < -0.3 is 9.88 Å². The van der Waals surface area contributed by atoms with Crippen molar-refractivity contribution in [2.45, 2.75) is 19.5 Å². The Morgan fingerprint density at radius 3 is 2.52 bits per heavy atom. The van der Waals surface area contributed by atoms with Gasteiger partial charge in [-0.15, -0.1) is 0 Å². The fraction of sp³-hybridized carbons (Fsp3) is 0.143. The van der Waals surface area contributed by atoms with E-state index in [0.717, 1.165) is 15.9 Å². The zero-order chi connectivity index (χ0) is 20.4. The molecular formula is C21H19N5O3. The van der Waals surface area contributed by atoms with Crippen LogP contribution in [0.4, 0.5) is 0 Å². The molecule has 146 valence electrons. The minimum Gasteiger partial charge on any atom is -0.348 e. The lowest BCUT2D eigenvalue weighted by molar-refractivity contribution is -0.122. The molecule has 1 atom stereocenters. The summed E-state index contributed by atoms with van der Waals surface area (Å²) in [5.41, 5.74) is 1.07. The van der Waals surface area contributed by atoms with Gasteiger partial charge in [-0.3, -0.25) is 19.5 Å². The molecule has 2 heterocycles. The van der Waals surface area contributed by atoms with Gasteiger partial charge in [0.05, 0.1) is 23.1 Å². The number of aromatic nitrogens is 4. The highest BCUT2D eigenvalue weighted by Crippen LogP contribution is 2.15. The number of rotatable bonds is 5. The fourth-order valence-corrected chi connectivity index (χ4v) is 3.22. The molecule has 0 aliphatic carbocycles. The van der Waals surface area contributed by atoms with Crippen LogP contribution in [0.25, 0.3) is 16.5 Å². The molecule has 0 aliphatic rings. The van der Waals surface area contributed by atoms with Crippen LogP contribution in [-0.4, -0.2) is 25.2 Å². The lowest BCUT2D eigenvalue weighted by atomic mass is 10.1. The van der Waals surface area contributed by atoms with Crippen molar-refractivity contribution in [1.82, 2.24) is 24.6 Å². The Morgan fingerprint density at radius 1 is 1.10 bits per heavy atom. The third-order valence-electron chi connectivity index (χ3n) is 4.76. The molecule has 0 radical (unpaired) electrons. The van der Waals surface area contributed by atoms with Crippen LogP contribution in [0.3, 0.4) is 0 Å². The second-order valence-corrected chi connectivity index (χ2v) is 6.73. The third kappa shape index (κ3) is 3.73. The molecule has 1 unspecified atom stereocenters. The number of amides is 1. The first-order chi connectivity index (χ1) is 14.0. The van der Waals surface area contributed by atoms with Gasteiger partial charge in [-0.1, -0.05) is 24.3 Å². The number of nitrogens with one attached hydrogen (secondary N) is 2. The zero-order valence-corrected chi connectivity index (χ0v) is 15.7. The van der Waals surface area contributed by atoms with Crippen molar-refractivity contribution in [3.05, 3.63) is 93.5 Å². The molecular weight excluding hydrogens is 370 g/mol. The second kappa shape index (κ2) is 7.59. The Balaban J connectivity index is 1.48. The van der Waals surface area contributed by atoms with Gasteiger partial charge in [0.2, 0.25) is 5.91 Å². The van der Waals surface area contributed by atoms with Gasteiger partial charge in [0, 0.05) is 18.1 Å². The third-order valence-corrected chi connectivity index (χ3v) is 4.76. The number of aromatic amines is 1. The summed E-state index contributed by atoms with van der Waals surface area (Å²) in [7, 11) is 0. The number of fused-ring (bicyclic) bond motifs is 1. The van der Waals surface area contributed by atoms with E-state index < -0.39 is 11.1 Å². The number of benzene rings is 2. The van der Waals surface area contributed by atoms with Crippen LogP contribution in [0.2, 0.25) is 0 Å². The van der Waals surface area contributed by atoms with E-state index in [2.05, 4.69) is 15.4 Å². The highest BCUT2D eigenvalue weighted by atomic mass is 16.2. The number of H-pyrrole nitrogens is 1. The summed E-state index contributed by atoms with van der Waals surface area (Å²) in [5.74, 6) is -0.371. The maximum absolute atomic E-state index is 12.5. The van der Waals surface area contributed by atoms with E-state index in [1.54, 1.807) is 36.8 Å². The molecule has 4 aromatic rings. The maximum Gasteiger partial charge on any atom is 0.273 e. The number of hydrogen-bond acceptors (Lipinski definition) is 4. The van der Waals surface area contributed by atoms with Crippen molar-refractivity contribution < 1.29 is 4.79 Å². The van der Waals surface area contributed by atoms with E-state index in [0.29, 0.717) is 5.39 Å². The van der Waals surface area contributed by atoms with Crippen molar-refractivity contribution in [2.24, 2.45) is 0 Å². The van der Waals surface area contributed by atoms with Crippen molar-refractivity contribution >= 4 is 16.7 Å². The Hall–Kier alpha value is -3.94. The van der Waals surface area contributed by atoms with Gasteiger partial charge in [-0.05, 0) is 36.8 Å². The predicted octanol–water partition coefficient (Wildman–Crippen LogP) is 1.75. The molecule has 0 spiro atoms. The van der Waals surface area contributed by atoms with Crippen LogP contribution >= 0.6 is 0 Å². The summed E-state index contributed by atoms with van der Waals surface area (Å²) in [6.45, 7) is 1.59. The molecule has 0 saturated carbocycles. The van der Waals surface area contributed by atoms with E-state index in [-0.39, 0.29) is 23.9 Å². The molecule has 29 heavy (non-hydrogen) atoms. The Labute approximate surface area is 165 Å². The van der Waals surface area contributed by atoms with Crippen LogP contribution in [0.15, 0.2) is 76.8 Å². The van der Waals surface area contributed by atoms with E-state index in [1.807, 2.05) is 42.0 Å². The number of nitrogens with zero attached hydrogens (tertiary/aromatic N) is 3. The first-order valence-corrected chi connectivity index (χ1v) is 9.12. The van der Waals surface area contributed by atoms with Crippen molar-refractivity contribution in [3.8, 4) is 5.69 Å². The van der Waals surface area contributed by atoms with E-state index in [1.165, 1.54) is 0 Å². The summed E-state index contributed by atoms with van der Waals surface area (Å²) in [5, 5.41) is 5.91. The summed E-state index contributed by atoms with van der Waals surface area (Å²) in [4.78, 5) is 41.1. The van der Waals surface area contributed by atoms with Crippen LogP contribution < -0.4 is 16.4 Å². The van der Waals surface area contributed by atoms with Crippen molar-refractivity contribution in [2.75, 3.05) is 0 Å². The normalized spacial score (nSPS) is 12.0. The van der Waals surface area contributed by atoms with E-state index in [4.69, 9.17) is 0 Å². The summed E-state index contributed by atoms with van der Waals surface area (Å²) >= 11 is 0. The Kier molecular flexibility index (Phi) is 4.82. The molecule has 8 heteroatoms. The minimum atomic E-state index is -0.410. The standard InChI is InChI=1S/C21H19N5O3/c1-14(15-6-8-16(9-7-15)25-11-10-22-13-25)23-19(27)12-26-21(29)18-5-3-2-4-17(18)20(28)24-26/h2-11,13-14H,12H2,1H3,(H,23,27)(H,24,28). The molecule has 0 fully saturated rings. The quantitative estimate of drug-likeness (QED) is 0.543. The molecule has 2 N–H and O–H groups in total. The summed E-state index contributed by atoms with van der Waals surface area (Å²) < 4.78 is 2.92. The highest BCUT2D eigenvalue weighted by molar-refractivity contribution is 5.81. The Morgan fingerprint density at radius 2 is 1.83 bits per heavy atom. The van der Waals surface area contributed by atoms with Crippen molar-refractivity contribution in [1.29, 1.82) is 0 Å². The molecule has 4 rings (SSSR count). The molecule has 1 amide bonds. The largest absolute Gasteiger partial charge is 0.348 e. The molecule has 0 saturated heterocycles. The molecule has 2 aromatic carbocycles. The first kappa shape index (κ1) is 18.4. The molecule has 2 aromatic heterocycles. The maximum atomic E-state index is 12.5. The SMILES string of the molecule is CC(NC(=O)Cn1[nH]c(=O)c2ccccc2c1=O)c1ccc(-n2ccnc2)cc1. The Bertz CT molecular complexity index is 1270. The number of carbonyl (C=O) groups excluding carboxylic acids is 1. The topological polar surface area (TPSA) is 102 Å². The summed E-state index contributed by atoms with van der Waals surface area (Å²) in [6.07, 6.45) is 5.26. The summed E-state index contributed by atoms with van der Waals surface area (Å²) in [6, 6.07) is 14.0. The molecule has 8 nitrogen and oxygen atoms in total. The predicted molar refractivity (Wildman–Crippen MR) is 109 cm³/mol. The second-order valence-electron chi connectivity index (χ2n) is 6.73. The van der Waals surface area contributed by atoms with E-state index in [9.17, 15) is 14.4 Å². The van der Waals surface area contributed by atoms with Gasteiger partial charge in [0.1, 0.15) is 6.54 Å². The fourth-order valence-electron chi connectivity index (χ4n) is 3.22. The average molecular weight is 389 g/mol. The van der Waals surface area contributed by atoms with E-state index >= 15 is 0 Å². The monoisotopic (exact) mass is 389 g/mol. The van der Waals surface area contributed by atoms with Gasteiger partial charge in [0.25, 0.3) is 11.1 Å². The number of hydrogen-bond donors (Lipinski definition) is 2. The lowest BCUT2D eigenvalue weighted by Crippen LogP contribution is -2.37. The molecule has 0 bridgehead atoms. The van der Waals surface area contributed by atoms with Crippen LogP contribution in [0.5, 0.6) is 0 Å². The van der Waals surface area contributed by atoms with Gasteiger partial charge in [-0.25, -0.2) is 9.67 Å². The van der Waals surface area contributed by atoms with Gasteiger partial charge in [0.15, 0.2) is 0 Å².